The largest absolute Gasteiger partial charge is 0.399 e. The Morgan fingerprint density at radius 3 is 3.00 bits per heavy atom. The maximum Gasteiger partial charge on any atom is 0.127 e. The third kappa shape index (κ3) is 4.95. The van der Waals surface area contributed by atoms with Crippen LogP contribution in [0, 0.1) is 0 Å². The van der Waals surface area contributed by atoms with Gasteiger partial charge in [-0.15, -0.1) is 0 Å². The van der Waals surface area contributed by atoms with Crippen molar-refractivity contribution in [3.05, 3.63) is 18.3 Å². The van der Waals surface area contributed by atoms with E-state index in [-0.39, 0.29) is 0 Å². The molecule has 0 saturated heterocycles. The minimum Gasteiger partial charge on any atom is -0.399 e. The van der Waals surface area contributed by atoms with E-state index in [9.17, 15) is 0 Å². The molecule has 0 fully saturated rings. The summed E-state index contributed by atoms with van der Waals surface area (Å²) in [6.07, 6.45) is 1.70. The SMILES string of the molecule is COCCN(C)CCNc1cc(N)ccn1. The summed E-state index contributed by atoms with van der Waals surface area (Å²) < 4.78 is 5.00. The zero-order valence-electron chi connectivity index (χ0n) is 9.94. The summed E-state index contributed by atoms with van der Waals surface area (Å²) in [5.41, 5.74) is 6.38. The van der Waals surface area contributed by atoms with Gasteiger partial charge in [-0.3, -0.25) is 0 Å². The average molecular weight is 224 g/mol. The van der Waals surface area contributed by atoms with Crippen LogP contribution in [-0.4, -0.2) is 50.3 Å². The first-order valence-corrected chi connectivity index (χ1v) is 5.35. The molecule has 0 saturated carbocycles. The van der Waals surface area contributed by atoms with Crippen LogP contribution in [0.3, 0.4) is 0 Å². The van der Waals surface area contributed by atoms with E-state index in [4.69, 9.17) is 10.5 Å². The quantitative estimate of drug-likeness (QED) is 0.712. The van der Waals surface area contributed by atoms with Gasteiger partial charge in [-0.05, 0) is 13.1 Å². The molecule has 5 heteroatoms. The minimum atomic E-state index is 0.727. The first-order chi connectivity index (χ1) is 7.72. The van der Waals surface area contributed by atoms with Crippen LogP contribution >= 0.6 is 0 Å². The molecule has 90 valence electrons. The number of rotatable bonds is 7. The number of ether oxygens (including phenoxy) is 1. The van der Waals surface area contributed by atoms with Gasteiger partial charge in [0.25, 0.3) is 0 Å². The van der Waals surface area contributed by atoms with E-state index in [1.165, 1.54) is 0 Å². The molecule has 0 unspecified atom stereocenters. The van der Waals surface area contributed by atoms with Crippen molar-refractivity contribution in [2.75, 3.05) is 51.4 Å². The number of nitrogens with one attached hydrogen (secondary N) is 1. The van der Waals surface area contributed by atoms with Gasteiger partial charge in [0.1, 0.15) is 5.82 Å². The Kier molecular flexibility index (Phi) is 5.60. The Morgan fingerprint density at radius 2 is 2.31 bits per heavy atom. The van der Waals surface area contributed by atoms with E-state index in [0.717, 1.165) is 37.7 Å². The van der Waals surface area contributed by atoms with E-state index in [0.29, 0.717) is 0 Å². The molecule has 0 atom stereocenters. The van der Waals surface area contributed by atoms with Crippen LogP contribution < -0.4 is 11.1 Å². The van der Waals surface area contributed by atoms with Gasteiger partial charge < -0.3 is 20.7 Å². The Morgan fingerprint density at radius 1 is 1.50 bits per heavy atom. The van der Waals surface area contributed by atoms with Crippen molar-refractivity contribution in [1.82, 2.24) is 9.88 Å². The van der Waals surface area contributed by atoms with Gasteiger partial charge >= 0.3 is 0 Å². The summed E-state index contributed by atoms with van der Waals surface area (Å²) in [5.74, 6) is 0.820. The van der Waals surface area contributed by atoms with Crippen molar-refractivity contribution >= 4 is 11.5 Å². The summed E-state index contributed by atoms with van der Waals surface area (Å²) in [7, 11) is 3.77. The molecule has 0 aliphatic rings. The van der Waals surface area contributed by atoms with Crippen molar-refractivity contribution < 1.29 is 4.74 Å². The van der Waals surface area contributed by atoms with E-state index in [1.807, 2.05) is 6.07 Å². The van der Waals surface area contributed by atoms with Gasteiger partial charge in [0.15, 0.2) is 0 Å². The molecule has 1 aromatic heterocycles. The number of anilines is 2. The first-order valence-electron chi connectivity index (χ1n) is 5.35. The molecule has 1 aromatic rings. The van der Waals surface area contributed by atoms with Crippen molar-refractivity contribution in [2.24, 2.45) is 0 Å². The molecule has 0 aromatic carbocycles. The molecule has 16 heavy (non-hydrogen) atoms. The predicted molar refractivity (Wildman–Crippen MR) is 66.5 cm³/mol. The fourth-order valence-electron chi connectivity index (χ4n) is 1.28. The summed E-state index contributed by atoms with van der Waals surface area (Å²) in [4.78, 5) is 6.36. The molecule has 3 N–H and O–H groups in total. The Hall–Kier alpha value is -1.33. The Bertz CT molecular complexity index is 306. The molecular formula is C11H20N4O. The topological polar surface area (TPSA) is 63.4 Å². The Balaban J connectivity index is 2.20. The molecule has 0 spiro atoms. The number of likely N-dealkylation sites (N-methyl/N-ethyl adjacent to an activating group) is 1. The lowest BCUT2D eigenvalue weighted by Gasteiger charge is -2.16. The highest BCUT2D eigenvalue weighted by Crippen LogP contribution is 2.06. The number of nitrogens with two attached hydrogens (primary N) is 1. The van der Waals surface area contributed by atoms with Crippen molar-refractivity contribution in [1.29, 1.82) is 0 Å². The Labute approximate surface area is 96.6 Å². The molecule has 0 bridgehead atoms. The lowest BCUT2D eigenvalue weighted by atomic mass is 10.4. The number of nitrogens with zero attached hydrogens (tertiary/aromatic N) is 2. The second kappa shape index (κ2) is 7.03. The molecule has 5 nitrogen and oxygen atoms in total. The molecule has 0 aliphatic heterocycles. The second-order valence-electron chi connectivity index (χ2n) is 3.70. The maximum absolute atomic E-state index is 5.65. The maximum atomic E-state index is 5.65. The minimum absolute atomic E-state index is 0.727. The predicted octanol–water partition coefficient (Wildman–Crippen LogP) is 0.654. The van der Waals surface area contributed by atoms with E-state index >= 15 is 0 Å². The zero-order chi connectivity index (χ0) is 11.8. The number of nitrogen functional groups attached to an aromatic ring is 1. The van der Waals surface area contributed by atoms with Crippen molar-refractivity contribution in [2.45, 2.75) is 0 Å². The molecule has 1 heterocycles. The summed E-state index contributed by atoms with van der Waals surface area (Å²) in [6, 6.07) is 3.60. The third-order valence-electron chi connectivity index (χ3n) is 2.26. The van der Waals surface area contributed by atoms with Gasteiger partial charge in [-0.25, -0.2) is 4.98 Å². The first kappa shape index (κ1) is 12.7. The van der Waals surface area contributed by atoms with E-state index < -0.39 is 0 Å². The van der Waals surface area contributed by atoms with Gasteiger partial charge in [0.05, 0.1) is 6.61 Å². The number of pyridine rings is 1. The summed E-state index contributed by atoms with van der Waals surface area (Å²) >= 11 is 0. The zero-order valence-corrected chi connectivity index (χ0v) is 9.94. The second-order valence-corrected chi connectivity index (χ2v) is 3.70. The molecule has 0 radical (unpaired) electrons. The number of hydrogen-bond acceptors (Lipinski definition) is 5. The standard InChI is InChI=1S/C11H20N4O/c1-15(7-8-16-2)6-5-14-11-9-10(12)3-4-13-11/h3-4,9H,5-8H2,1-2H3,(H3,12,13,14). The highest BCUT2D eigenvalue weighted by molar-refractivity contribution is 5.48. The monoisotopic (exact) mass is 224 g/mol. The van der Waals surface area contributed by atoms with Crippen LogP contribution in [0.5, 0.6) is 0 Å². The van der Waals surface area contributed by atoms with Crippen molar-refractivity contribution in [3.8, 4) is 0 Å². The fourth-order valence-corrected chi connectivity index (χ4v) is 1.28. The van der Waals surface area contributed by atoms with Crippen molar-refractivity contribution in [3.63, 3.8) is 0 Å². The number of hydrogen-bond donors (Lipinski definition) is 2. The van der Waals surface area contributed by atoms with Crippen LogP contribution in [0.15, 0.2) is 18.3 Å². The van der Waals surface area contributed by atoms with Crippen LogP contribution in [0.1, 0.15) is 0 Å². The summed E-state index contributed by atoms with van der Waals surface area (Å²) in [6.45, 7) is 3.48. The van der Waals surface area contributed by atoms with Gasteiger partial charge in [-0.2, -0.15) is 0 Å². The molecular weight excluding hydrogens is 204 g/mol. The summed E-state index contributed by atoms with van der Waals surface area (Å²) in [5, 5.41) is 3.22. The smallest absolute Gasteiger partial charge is 0.127 e. The highest BCUT2D eigenvalue weighted by Gasteiger charge is 1.98. The van der Waals surface area contributed by atoms with Crippen LogP contribution in [0.4, 0.5) is 11.5 Å². The third-order valence-corrected chi connectivity index (χ3v) is 2.26. The van der Waals surface area contributed by atoms with Gasteiger partial charge in [0, 0.05) is 44.7 Å². The van der Waals surface area contributed by atoms with Crippen LogP contribution in [0.2, 0.25) is 0 Å². The van der Waals surface area contributed by atoms with Gasteiger partial charge in [-0.1, -0.05) is 0 Å². The average Bonchev–Trinajstić information content (AvgIpc) is 2.26. The molecule has 1 rings (SSSR count). The fraction of sp³-hybridized carbons (Fsp3) is 0.545. The molecule has 0 amide bonds. The lowest BCUT2D eigenvalue weighted by Crippen LogP contribution is -2.28. The van der Waals surface area contributed by atoms with Crippen LogP contribution in [-0.2, 0) is 4.74 Å². The van der Waals surface area contributed by atoms with Crippen LogP contribution in [0.25, 0.3) is 0 Å². The normalized spacial score (nSPS) is 10.7. The lowest BCUT2D eigenvalue weighted by molar-refractivity contribution is 0.163. The molecule has 0 aliphatic carbocycles. The van der Waals surface area contributed by atoms with Gasteiger partial charge in [0.2, 0.25) is 0 Å². The van der Waals surface area contributed by atoms with E-state index in [1.54, 1.807) is 19.4 Å². The highest BCUT2D eigenvalue weighted by atomic mass is 16.5. The number of methoxy groups -OCH3 is 1. The van der Waals surface area contributed by atoms with E-state index in [2.05, 4.69) is 22.2 Å². The number of aromatic nitrogens is 1.